The van der Waals surface area contributed by atoms with E-state index in [0.29, 0.717) is 19.1 Å². The Morgan fingerprint density at radius 3 is 2.94 bits per heavy atom. The van der Waals surface area contributed by atoms with E-state index in [2.05, 4.69) is 10.2 Å². The SMILES string of the molecule is CCOC(=O)CN1CCCC(CNC)C1.Cl. The lowest BCUT2D eigenvalue weighted by atomic mass is 9.98. The van der Waals surface area contributed by atoms with E-state index >= 15 is 0 Å². The van der Waals surface area contributed by atoms with Crippen molar-refractivity contribution in [1.82, 2.24) is 10.2 Å². The van der Waals surface area contributed by atoms with Crippen LogP contribution < -0.4 is 5.32 Å². The van der Waals surface area contributed by atoms with Crippen LogP contribution in [0.3, 0.4) is 0 Å². The Balaban J connectivity index is 0.00000225. The van der Waals surface area contributed by atoms with Crippen LogP contribution in [0.4, 0.5) is 0 Å². The fourth-order valence-electron chi connectivity index (χ4n) is 2.14. The van der Waals surface area contributed by atoms with E-state index in [1.165, 1.54) is 12.8 Å². The second-order valence-electron chi connectivity index (χ2n) is 4.11. The molecular formula is C11H23ClN2O2. The van der Waals surface area contributed by atoms with Gasteiger partial charge in [-0.25, -0.2) is 0 Å². The molecular weight excluding hydrogens is 228 g/mol. The molecule has 0 spiro atoms. The van der Waals surface area contributed by atoms with Crippen LogP contribution in [0.1, 0.15) is 19.8 Å². The Labute approximate surface area is 104 Å². The van der Waals surface area contributed by atoms with Crippen LogP contribution in [-0.2, 0) is 9.53 Å². The molecule has 1 saturated heterocycles. The van der Waals surface area contributed by atoms with Crippen molar-refractivity contribution in [3.63, 3.8) is 0 Å². The van der Waals surface area contributed by atoms with Crippen LogP contribution in [0.25, 0.3) is 0 Å². The fraction of sp³-hybridized carbons (Fsp3) is 0.909. The van der Waals surface area contributed by atoms with Gasteiger partial charge in [0.2, 0.25) is 0 Å². The lowest BCUT2D eigenvalue weighted by Crippen LogP contribution is -2.41. The molecule has 0 radical (unpaired) electrons. The molecule has 0 bridgehead atoms. The van der Waals surface area contributed by atoms with Crippen LogP contribution in [0.5, 0.6) is 0 Å². The monoisotopic (exact) mass is 250 g/mol. The molecule has 1 fully saturated rings. The highest BCUT2D eigenvalue weighted by atomic mass is 35.5. The van der Waals surface area contributed by atoms with E-state index in [4.69, 9.17) is 4.74 Å². The smallest absolute Gasteiger partial charge is 0.320 e. The fourth-order valence-corrected chi connectivity index (χ4v) is 2.14. The summed E-state index contributed by atoms with van der Waals surface area (Å²) in [6.07, 6.45) is 2.45. The van der Waals surface area contributed by atoms with E-state index < -0.39 is 0 Å². The minimum Gasteiger partial charge on any atom is -0.465 e. The second kappa shape index (κ2) is 8.79. The Kier molecular flexibility index (Phi) is 8.61. The highest BCUT2D eigenvalue weighted by Crippen LogP contribution is 2.15. The van der Waals surface area contributed by atoms with Gasteiger partial charge in [-0.2, -0.15) is 0 Å². The van der Waals surface area contributed by atoms with Gasteiger partial charge in [0, 0.05) is 6.54 Å². The van der Waals surface area contributed by atoms with Gasteiger partial charge in [-0.15, -0.1) is 12.4 Å². The van der Waals surface area contributed by atoms with E-state index in [0.717, 1.165) is 19.6 Å². The Bertz CT molecular complexity index is 200. The highest BCUT2D eigenvalue weighted by Gasteiger charge is 2.21. The number of carbonyl (C=O) groups is 1. The van der Waals surface area contributed by atoms with Gasteiger partial charge >= 0.3 is 5.97 Å². The highest BCUT2D eigenvalue weighted by molar-refractivity contribution is 5.85. The zero-order valence-corrected chi connectivity index (χ0v) is 11.0. The number of likely N-dealkylation sites (tertiary alicyclic amines) is 1. The van der Waals surface area contributed by atoms with E-state index in [1.807, 2.05) is 14.0 Å². The van der Waals surface area contributed by atoms with Gasteiger partial charge in [0.15, 0.2) is 0 Å². The molecule has 0 amide bonds. The Morgan fingerprint density at radius 2 is 2.31 bits per heavy atom. The molecule has 0 aliphatic carbocycles. The summed E-state index contributed by atoms with van der Waals surface area (Å²) >= 11 is 0. The van der Waals surface area contributed by atoms with Crippen molar-refractivity contribution in [3.05, 3.63) is 0 Å². The number of halogens is 1. The summed E-state index contributed by atoms with van der Waals surface area (Å²) in [6.45, 7) is 5.86. The lowest BCUT2D eigenvalue weighted by Gasteiger charge is -2.31. The minimum absolute atomic E-state index is 0. The quantitative estimate of drug-likeness (QED) is 0.737. The number of nitrogens with zero attached hydrogens (tertiary/aromatic N) is 1. The molecule has 4 nitrogen and oxygen atoms in total. The summed E-state index contributed by atoms with van der Waals surface area (Å²) in [7, 11) is 1.98. The molecule has 1 aliphatic rings. The third kappa shape index (κ3) is 5.68. The third-order valence-electron chi connectivity index (χ3n) is 2.75. The van der Waals surface area contributed by atoms with Crippen LogP contribution >= 0.6 is 12.4 Å². The maximum absolute atomic E-state index is 11.3. The average Bonchev–Trinajstić information content (AvgIpc) is 2.19. The summed E-state index contributed by atoms with van der Waals surface area (Å²) in [5.41, 5.74) is 0. The first-order valence-corrected chi connectivity index (χ1v) is 5.78. The first kappa shape index (κ1) is 15.7. The van der Waals surface area contributed by atoms with Crippen molar-refractivity contribution in [3.8, 4) is 0 Å². The van der Waals surface area contributed by atoms with Crippen molar-refractivity contribution < 1.29 is 9.53 Å². The van der Waals surface area contributed by atoms with Crippen LogP contribution in [-0.4, -0.2) is 50.7 Å². The van der Waals surface area contributed by atoms with Gasteiger partial charge in [-0.3, -0.25) is 9.69 Å². The van der Waals surface area contributed by atoms with Crippen molar-refractivity contribution in [2.75, 3.05) is 39.8 Å². The van der Waals surface area contributed by atoms with Crippen molar-refractivity contribution >= 4 is 18.4 Å². The number of hydrogen-bond acceptors (Lipinski definition) is 4. The summed E-state index contributed by atoms with van der Waals surface area (Å²) in [5, 5.41) is 3.19. The number of esters is 1. The zero-order valence-electron chi connectivity index (χ0n) is 10.2. The summed E-state index contributed by atoms with van der Waals surface area (Å²) in [6, 6.07) is 0. The lowest BCUT2D eigenvalue weighted by molar-refractivity contribution is -0.144. The molecule has 0 aromatic heterocycles. The molecule has 1 rings (SSSR count). The molecule has 0 aromatic rings. The average molecular weight is 251 g/mol. The first-order valence-electron chi connectivity index (χ1n) is 5.78. The maximum Gasteiger partial charge on any atom is 0.320 e. The summed E-state index contributed by atoms with van der Waals surface area (Å²) in [4.78, 5) is 13.5. The molecule has 5 heteroatoms. The normalized spacial score (nSPS) is 21.2. The first-order chi connectivity index (χ1) is 7.26. The topological polar surface area (TPSA) is 41.6 Å². The van der Waals surface area contributed by atoms with Gasteiger partial charge in [-0.1, -0.05) is 0 Å². The van der Waals surface area contributed by atoms with Crippen LogP contribution in [0.2, 0.25) is 0 Å². The maximum atomic E-state index is 11.3. The molecule has 1 atom stereocenters. The largest absolute Gasteiger partial charge is 0.465 e. The van der Waals surface area contributed by atoms with Gasteiger partial charge in [-0.05, 0) is 45.8 Å². The molecule has 16 heavy (non-hydrogen) atoms. The van der Waals surface area contributed by atoms with Crippen molar-refractivity contribution in [2.24, 2.45) is 5.92 Å². The molecule has 96 valence electrons. The van der Waals surface area contributed by atoms with Gasteiger partial charge in [0.05, 0.1) is 13.2 Å². The van der Waals surface area contributed by atoms with Crippen molar-refractivity contribution in [2.45, 2.75) is 19.8 Å². The standard InChI is InChI=1S/C11H22N2O2.ClH/c1-3-15-11(14)9-13-6-4-5-10(8-13)7-12-2;/h10,12H,3-9H2,1-2H3;1H. The Morgan fingerprint density at radius 1 is 1.56 bits per heavy atom. The Hall–Kier alpha value is -0.320. The zero-order chi connectivity index (χ0) is 11.1. The number of ether oxygens (including phenoxy) is 1. The second-order valence-corrected chi connectivity index (χ2v) is 4.11. The predicted octanol–water partition coefficient (Wildman–Crippen LogP) is 0.903. The van der Waals surface area contributed by atoms with Crippen LogP contribution in [0, 0.1) is 5.92 Å². The van der Waals surface area contributed by atoms with E-state index in [-0.39, 0.29) is 18.4 Å². The van der Waals surface area contributed by atoms with Gasteiger partial charge < -0.3 is 10.1 Å². The third-order valence-corrected chi connectivity index (χ3v) is 2.75. The molecule has 1 aliphatic heterocycles. The van der Waals surface area contributed by atoms with E-state index in [1.54, 1.807) is 0 Å². The number of hydrogen-bond donors (Lipinski definition) is 1. The van der Waals surface area contributed by atoms with Gasteiger partial charge in [0.1, 0.15) is 0 Å². The van der Waals surface area contributed by atoms with E-state index in [9.17, 15) is 4.79 Å². The molecule has 1 unspecified atom stereocenters. The number of carbonyl (C=O) groups excluding carboxylic acids is 1. The summed E-state index contributed by atoms with van der Waals surface area (Å²) < 4.78 is 4.94. The molecule has 0 aromatic carbocycles. The number of piperidine rings is 1. The van der Waals surface area contributed by atoms with Crippen molar-refractivity contribution in [1.29, 1.82) is 0 Å². The molecule has 1 heterocycles. The summed E-state index contributed by atoms with van der Waals surface area (Å²) in [5.74, 6) is 0.584. The van der Waals surface area contributed by atoms with Gasteiger partial charge in [0.25, 0.3) is 0 Å². The predicted molar refractivity (Wildman–Crippen MR) is 67.0 cm³/mol. The molecule has 1 N–H and O–H groups in total. The number of nitrogens with one attached hydrogen (secondary N) is 1. The van der Waals surface area contributed by atoms with Crippen LogP contribution in [0.15, 0.2) is 0 Å². The minimum atomic E-state index is -0.0948. The number of rotatable bonds is 5. The molecule has 0 saturated carbocycles.